The maximum atomic E-state index is 13.0. The highest BCUT2D eigenvalue weighted by atomic mass is 16.7. The number of esters is 3. The van der Waals surface area contributed by atoms with Gasteiger partial charge in [-0.15, -0.1) is 0 Å². The molecule has 0 bridgehead atoms. The summed E-state index contributed by atoms with van der Waals surface area (Å²) in [6.45, 7) is 0.510. The average molecular weight is 519 g/mol. The fourth-order valence-electron chi connectivity index (χ4n) is 3.97. The SMILES string of the molecule is CC(=O)O[C@H]1[C@H](OC(=O)c2ccccc2)[C@@H](COC(=O)c2ccccc2)O[C@@]1(C#N)n1ccc(=O)[nH]c1=O. The van der Waals surface area contributed by atoms with Gasteiger partial charge in [0.25, 0.3) is 11.3 Å². The lowest BCUT2D eigenvalue weighted by atomic mass is 10.0. The number of aromatic amines is 1. The van der Waals surface area contributed by atoms with Gasteiger partial charge in [0.1, 0.15) is 18.8 Å². The first-order chi connectivity index (χ1) is 18.2. The molecule has 4 rings (SSSR count). The summed E-state index contributed by atoms with van der Waals surface area (Å²) >= 11 is 0. The second-order valence-corrected chi connectivity index (χ2v) is 8.18. The zero-order valence-electron chi connectivity index (χ0n) is 19.9. The molecule has 2 heterocycles. The van der Waals surface area contributed by atoms with Crippen molar-refractivity contribution in [2.45, 2.75) is 31.0 Å². The molecule has 1 N–H and O–H groups in total. The number of nitrogens with one attached hydrogen (secondary N) is 1. The van der Waals surface area contributed by atoms with Crippen LogP contribution in [0.3, 0.4) is 0 Å². The largest absolute Gasteiger partial charge is 0.459 e. The van der Waals surface area contributed by atoms with E-state index in [4.69, 9.17) is 18.9 Å². The highest BCUT2D eigenvalue weighted by Gasteiger charge is 2.62. The second kappa shape index (κ2) is 10.9. The molecule has 1 saturated heterocycles. The molecule has 1 fully saturated rings. The third-order valence-corrected chi connectivity index (χ3v) is 5.66. The van der Waals surface area contributed by atoms with Crippen LogP contribution in [-0.2, 0) is 29.5 Å². The third-order valence-electron chi connectivity index (χ3n) is 5.66. The summed E-state index contributed by atoms with van der Waals surface area (Å²) < 4.78 is 23.0. The van der Waals surface area contributed by atoms with E-state index in [1.54, 1.807) is 36.4 Å². The van der Waals surface area contributed by atoms with Gasteiger partial charge in [0.15, 0.2) is 6.10 Å². The molecule has 1 aromatic heterocycles. The Morgan fingerprint density at radius 1 is 0.974 bits per heavy atom. The predicted octanol–water partition coefficient (Wildman–Crippen LogP) is 1.13. The fourth-order valence-corrected chi connectivity index (χ4v) is 3.97. The van der Waals surface area contributed by atoms with Crippen molar-refractivity contribution in [3.63, 3.8) is 0 Å². The number of hydrogen-bond donors (Lipinski definition) is 1. The molecule has 38 heavy (non-hydrogen) atoms. The van der Waals surface area contributed by atoms with Gasteiger partial charge in [0.05, 0.1) is 11.1 Å². The molecule has 3 aromatic rings. The van der Waals surface area contributed by atoms with Gasteiger partial charge in [-0.05, 0) is 24.3 Å². The number of rotatable bonds is 7. The minimum atomic E-state index is -2.39. The van der Waals surface area contributed by atoms with Crippen LogP contribution in [0, 0.1) is 11.3 Å². The van der Waals surface area contributed by atoms with E-state index in [1.807, 2.05) is 11.1 Å². The molecule has 12 heteroatoms. The van der Waals surface area contributed by atoms with Crippen molar-refractivity contribution >= 4 is 17.9 Å². The molecule has 1 aliphatic heterocycles. The summed E-state index contributed by atoms with van der Waals surface area (Å²) in [6, 6.07) is 18.6. The molecule has 0 amide bonds. The normalized spacial score (nSPS) is 22.2. The highest BCUT2D eigenvalue weighted by molar-refractivity contribution is 5.90. The van der Waals surface area contributed by atoms with Gasteiger partial charge in [-0.1, -0.05) is 36.4 Å². The molecule has 2 aromatic carbocycles. The number of nitriles is 1. The van der Waals surface area contributed by atoms with E-state index in [2.05, 4.69) is 0 Å². The van der Waals surface area contributed by atoms with Crippen molar-refractivity contribution in [1.29, 1.82) is 5.26 Å². The van der Waals surface area contributed by atoms with Crippen LogP contribution < -0.4 is 11.2 Å². The van der Waals surface area contributed by atoms with Crippen LogP contribution in [-0.4, -0.2) is 52.4 Å². The lowest BCUT2D eigenvalue weighted by Gasteiger charge is -2.29. The van der Waals surface area contributed by atoms with E-state index in [-0.39, 0.29) is 11.1 Å². The Kier molecular flexibility index (Phi) is 7.50. The van der Waals surface area contributed by atoms with E-state index in [0.717, 1.165) is 19.2 Å². The van der Waals surface area contributed by atoms with Crippen molar-refractivity contribution in [2.75, 3.05) is 6.61 Å². The lowest BCUT2D eigenvalue weighted by molar-refractivity contribution is -0.165. The Hall–Kier alpha value is -5.02. The minimum Gasteiger partial charge on any atom is -0.459 e. The van der Waals surface area contributed by atoms with E-state index in [1.165, 1.54) is 24.3 Å². The Morgan fingerprint density at radius 3 is 2.13 bits per heavy atom. The van der Waals surface area contributed by atoms with Crippen LogP contribution in [0.15, 0.2) is 82.5 Å². The van der Waals surface area contributed by atoms with E-state index in [0.29, 0.717) is 4.57 Å². The first-order valence-electron chi connectivity index (χ1n) is 11.3. The monoisotopic (exact) mass is 519 g/mol. The summed E-state index contributed by atoms with van der Waals surface area (Å²) in [5, 5.41) is 10.2. The maximum Gasteiger partial charge on any atom is 0.338 e. The predicted molar refractivity (Wildman–Crippen MR) is 128 cm³/mol. The van der Waals surface area contributed by atoms with Crippen LogP contribution in [0.25, 0.3) is 0 Å². The van der Waals surface area contributed by atoms with Crippen LogP contribution in [0.4, 0.5) is 0 Å². The van der Waals surface area contributed by atoms with Crippen molar-refractivity contribution in [2.24, 2.45) is 0 Å². The van der Waals surface area contributed by atoms with Crippen LogP contribution in [0.2, 0.25) is 0 Å². The van der Waals surface area contributed by atoms with Gasteiger partial charge in [0, 0.05) is 19.2 Å². The third kappa shape index (κ3) is 5.23. The Morgan fingerprint density at radius 2 is 1.58 bits per heavy atom. The smallest absolute Gasteiger partial charge is 0.338 e. The van der Waals surface area contributed by atoms with Gasteiger partial charge in [-0.3, -0.25) is 19.1 Å². The number of H-pyrrole nitrogens is 1. The molecule has 0 aliphatic carbocycles. The van der Waals surface area contributed by atoms with Crippen LogP contribution in [0.1, 0.15) is 27.6 Å². The minimum absolute atomic E-state index is 0.143. The van der Waals surface area contributed by atoms with Crippen LogP contribution >= 0.6 is 0 Å². The van der Waals surface area contributed by atoms with Crippen molar-refractivity contribution in [3.05, 3.63) is 105 Å². The quantitative estimate of drug-likeness (QED) is 0.353. The van der Waals surface area contributed by atoms with Gasteiger partial charge in [-0.25, -0.2) is 14.4 Å². The Balaban J connectivity index is 1.75. The van der Waals surface area contributed by atoms with E-state index < -0.39 is 59.8 Å². The molecule has 0 unspecified atom stereocenters. The Bertz CT molecular complexity index is 1490. The fraction of sp³-hybridized carbons (Fsp3) is 0.231. The standard InChI is InChI=1S/C26H21N3O9/c1-16(30)36-22-21(37-24(33)18-10-6-3-7-11-18)19(14-35-23(32)17-8-4-2-5-9-17)38-26(22,15-27)29-13-12-20(31)28-25(29)34/h2-13,19,21-22H,14H2,1H3,(H,28,31,34)/t19-,21-,22+,26-/m1/s1. The summed E-state index contributed by atoms with van der Waals surface area (Å²) in [5.41, 5.74) is -3.82. The first-order valence-corrected chi connectivity index (χ1v) is 11.3. The number of benzene rings is 2. The molecule has 4 atom stereocenters. The molecular weight excluding hydrogens is 498 g/mol. The number of carbonyl (C=O) groups is 3. The molecule has 194 valence electrons. The summed E-state index contributed by atoms with van der Waals surface area (Å²) in [6.07, 6.45) is -3.58. The summed E-state index contributed by atoms with van der Waals surface area (Å²) in [5.74, 6) is -2.46. The van der Waals surface area contributed by atoms with Crippen molar-refractivity contribution in [1.82, 2.24) is 9.55 Å². The molecule has 0 saturated carbocycles. The van der Waals surface area contributed by atoms with Gasteiger partial charge in [0.2, 0.25) is 6.10 Å². The molecule has 0 radical (unpaired) electrons. The molecule has 12 nitrogen and oxygen atoms in total. The number of carbonyl (C=O) groups excluding carboxylic acids is 3. The van der Waals surface area contributed by atoms with Crippen molar-refractivity contribution in [3.8, 4) is 6.07 Å². The second-order valence-electron chi connectivity index (χ2n) is 8.18. The maximum absolute atomic E-state index is 13.0. The topological polar surface area (TPSA) is 167 Å². The van der Waals surface area contributed by atoms with Gasteiger partial charge >= 0.3 is 23.6 Å². The highest BCUT2D eigenvalue weighted by Crippen LogP contribution is 2.39. The van der Waals surface area contributed by atoms with Gasteiger partial charge < -0.3 is 18.9 Å². The zero-order valence-corrected chi connectivity index (χ0v) is 19.9. The first kappa shape index (κ1) is 26.1. The lowest BCUT2D eigenvalue weighted by Crippen LogP contribution is -2.52. The average Bonchev–Trinajstić information content (AvgIpc) is 3.20. The number of hydrogen-bond acceptors (Lipinski definition) is 10. The molecule has 1 aliphatic rings. The van der Waals surface area contributed by atoms with Crippen molar-refractivity contribution < 1.29 is 33.3 Å². The van der Waals surface area contributed by atoms with Gasteiger partial charge in [-0.2, -0.15) is 5.26 Å². The van der Waals surface area contributed by atoms with E-state index >= 15 is 0 Å². The number of aromatic nitrogens is 2. The number of nitrogens with zero attached hydrogens (tertiary/aromatic N) is 2. The molecular formula is C26H21N3O9. The zero-order chi connectivity index (χ0) is 27.3. The summed E-state index contributed by atoms with van der Waals surface area (Å²) in [4.78, 5) is 63.9. The summed E-state index contributed by atoms with van der Waals surface area (Å²) in [7, 11) is 0. The Labute approximate surface area is 214 Å². The number of ether oxygens (including phenoxy) is 4. The van der Waals surface area contributed by atoms with Crippen LogP contribution in [0.5, 0.6) is 0 Å². The van der Waals surface area contributed by atoms with E-state index in [9.17, 15) is 29.2 Å². The molecule has 0 spiro atoms.